The third-order valence-corrected chi connectivity index (χ3v) is 2.66. The Morgan fingerprint density at radius 1 is 0.765 bits per heavy atom. The fourth-order valence-electron chi connectivity index (χ4n) is 1.53. The topological polar surface area (TPSA) is 24.7 Å². The normalized spacial score (nSPS) is 10.9. The molecule has 0 aliphatic heterocycles. The molecular formula is C15H16N2. The maximum Gasteiger partial charge on any atom is 0.0857 e. The van der Waals surface area contributed by atoms with Gasteiger partial charge in [-0.3, -0.25) is 0 Å². The van der Waals surface area contributed by atoms with Crippen molar-refractivity contribution < 1.29 is 0 Å². The minimum absolute atomic E-state index is 0.884. The zero-order chi connectivity index (χ0) is 12.1. The van der Waals surface area contributed by atoms with E-state index in [2.05, 4.69) is 36.2 Å². The van der Waals surface area contributed by atoms with Gasteiger partial charge in [0.2, 0.25) is 0 Å². The van der Waals surface area contributed by atoms with Gasteiger partial charge in [-0.05, 0) is 43.2 Å². The number of hydrogen-bond donors (Lipinski definition) is 0. The Bertz CT molecular complexity index is 495. The van der Waals surface area contributed by atoms with Gasteiger partial charge in [-0.25, -0.2) is 0 Å². The molecule has 0 aliphatic rings. The Morgan fingerprint density at radius 3 is 1.71 bits per heavy atom. The Morgan fingerprint density at radius 2 is 1.24 bits per heavy atom. The molecular weight excluding hydrogens is 208 g/mol. The van der Waals surface area contributed by atoms with Crippen LogP contribution in [0.15, 0.2) is 58.8 Å². The van der Waals surface area contributed by atoms with E-state index in [0.717, 1.165) is 17.8 Å². The van der Waals surface area contributed by atoms with Crippen LogP contribution in [0.3, 0.4) is 0 Å². The number of aryl methyl sites for hydroxylation is 2. The molecule has 0 amide bonds. The average Bonchev–Trinajstić information content (AvgIpc) is 2.39. The van der Waals surface area contributed by atoms with Gasteiger partial charge in [0.25, 0.3) is 0 Å². The van der Waals surface area contributed by atoms with Crippen LogP contribution in [0.4, 0.5) is 11.4 Å². The molecule has 0 heterocycles. The van der Waals surface area contributed by atoms with Crippen molar-refractivity contribution in [2.24, 2.45) is 10.2 Å². The molecule has 2 aromatic rings. The van der Waals surface area contributed by atoms with Crippen molar-refractivity contribution >= 4 is 11.4 Å². The van der Waals surface area contributed by atoms with Crippen LogP contribution in [-0.2, 0) is 6.42 Å². The third-order valence-electron chi connectivity index (χ3n) is 2.66. The van der Waals surface area contributed by atoms with Gasteiger partial charge in [0.15, 0.2) is 0 Å². The Labute approximate surface area is 102 Å². The summed E-state index contributed by atoms with van der Waals surface area (Å²) in [6.07, 6.45) is 1.05. The van der Waals surface area contributed by atoms with E-state index in [9.17, 15) is 0 Å². The molecule has 2 nitrogen and oxygen atoms in total. The van der Waals surface area contributed by atoms with Crippen molar-refractivity contribution in [2.75, 3.05) is 0 Å². The molecule has 0 bridgehead atoms. The first kappa shape index (κ1) is 11.5. The molecule has 0 aromatic heterocycles. The maximum absolute atomic E-state index is 4.21. The summed E-state index contributed by atoms with van der Waals surface area (Å²) < 4.78 is 0. The lowest BCUT2D eigenvalue weighted by Crippen LogP contribution is -1.76. The summed E-state index contributed by atoms with van der Waals surface area (Å²) in [7, 11) is 0. The smallest absolute Gasteiger partial charge is 0.0857 e. The van der Waals surface area contributed by atoms with Crippen LogP contribution < -0.4 is 0 Å². The number of hydrogen-bond acceptors (Lipinski definition) is 2. The van der Waals surface area contributed by atoms with Crippen LogP contribution in [0.1, 0.15) is 18.1 Å². The highest BCUT2D eigenvalue weighted by Gasteiger charge is 1.92. The molecule has 0 unspecified atom stereocenters. The van der Waals surface area contributed by atoms with Crippen LogP contribution in [0, 0.1) is 6.92 Å². The second-order valence-electron chi connectivity index (χ2n) is 4.06. The summed E-state index contributed by atoms with van der Waals surface area (Å²) in [6.45, 7) is 4.20. The van der Waals surface area contributed by atoms with Crippen LogP contribution in [0.5, 0.6) is 0 Å². The SMILES string of the molecule is CCc1ccc(/N=N/c2ccc(C)cc2)cc1. The van der Waals surface area contributed by atoms with Gasteiger partial charge in [-0.15, -0.1) is 0 Å². The first-order chi connectivity index (χ1) is 8.28. The second kappa shape index (κ2) is 5.39. The van der Waals surface area contributed by atoms with E-state index in [4.69, 9.17) is 0 Å². The highest BCUT2D eigenvalue weighted by Crippen LogP contribution is 2.19. The van der Waals surface area contributed by atoms with E-state index >= 15 is 0 Å². The van der Waals surface area contributed by atoms with Gasteiger partial charge >= 0.3 is 0 Å². The molecule has 0 atom stereocenters. The minimum atomic E-state index is 0.884. The van der Waals surface area contributed by atoms with Gasteiger partial charge in [0, 0.05) is 0 Å². The molecule has 2 aromatic carbocycles. The van der Waals surface area contributed by atoms with Crippen LogP contribution >= 0.6 is 0 Å². The number of azo groups is 1. The minimum Gasteiger partial charge on any atom is -0.151 e. The summed E-state index contributed by atoms with van der Waals surface area (Å²) in [6, 6.07) is 16.2. The van der Waals surface area contributed by atoms with Crippen molar-refractivity contribution in [1.29, 1.82) is 0 Å². The predicted molar refractivity (Wildman–Crippen MR) is 71.2 cm³/mol. The first-order valence-corrected chi connectivity index (χ1v) is 5.85. The molecule has 0 radical (unpaired) electrons. The number of rotatable bonds is 3. The van der Waals surface area contributed by atoms with Crippen LogP contribution in [0.25, 0.3) is 0 Å². The lowest BCUT2D eigenvalue weighted by atomic mass is 10.2. The van der Waals surface area contributed by atoms with E-state index in [1.54, 1.807) is 0 Å². The largest absolute Gasteiger partial charge is 0.151 e. The summed E-state index contributed by atoms with van der Waals surface area (Å²) in [5, 5.41) is 8.40. The molecule has 86 valence electrons. The molecule has 0 aliphatic carbocycles. The Hall–Kier alpha value is -1.96. The highest BCUT2D eigenvalue weighted by atomic mass is 15.1. The van der Waals surface area contributed by atoms with Crippen molar-refractivity contribution in [1.82, 2.24) is 0 Å². The van der Waals surface area contributed by atoms with Gasteiger partial charge in [-0.1, -0.05) is 36.8 Å². The van der Waals surface area contributed by atoms with E-state index in [0.29, 0.717) is 0 Å². The molecule has 2 rings (SSSR count). The summed E-state index contributed by atoms with van der Waals surface area (Å²) >= 11 is 0. The molecule has 0 N–H and O–H groups in total. The molecule has 0 saturated carbocycles. The average molecular weight is 224 g/mol. The molecule has 0 fully saturated rings. The van der Waals surface area contributed by atoms with Gasteiger partial charge < -0.3 is 0 Å². The quantitative estimate of drug-likeness (QED) is 0.657. The monoisotopic (exact) mass is 224 g/mol. The molecule has 0 saturated heterocycles. The van der Waals surface area contributed by atoms with E-state index < -0.39 is 0 Å². The van der Waals surface area contributed by atoms with Crippen molar-refractivity contribution in [3.63, 3.8) is 0 Å². The predicted octanol–water partition coefficient (Wildman–Crippen LogP) is 4.97. The van der Waals surface area contributed by atoms with Crippen LogP contribution in [-0.4, -0.2) is 0 Å². The standard InChI is InChI=1S/C15H16N2/c1-3-13-6-10-15(11-7-13)17-16-14-8-4-12(2)5-9-14/h4-11H,3H2,1-2H3/b17-16+. The van der Waals surface area contributed by atoms with Crippen molar-refractivity contribution in [3.8, 4) is 0 Å². The lowest BCUT2D eigenvalue weighted by molar-refractivity contribution is 1.13. The van der Waals surface area contributed by atoms with E-state index in [-0.39, 0.29) is 0 Å². The highest BCUT2D eigenvalue weighted by molar-refractivity contribution is 5.41. The number of benzene rings is 2. The van der Waals surface area contributed by atoms with Crippen LogP contribution in [0.2, 0.25) is 0 Å². The zero-order valence-corrected chi connectivity index (χ0v) is 10.2. The van der Waals surface area contributed by atoms with Gasteiger partial charge in [0.1, 0.15) is 0 Å². The second-order valence-corrected chi connectivity index (χ2v) is 4.06. The summed E-state index contributed by atoms with van der Waals surface area (Å²) in [5.41, 5.74) is 4.33. The summed E-state index contributed by atoms with van der Waals surface area (Å²) in [5.74, 6) is 0. The van der Waals surface area contributed by atoms with Crippen molar-refractivity contribution in [2.45, 2.75) is 20.3 Å². The Kier molecular flexibility index (Phi) is 3.66. The zero-order valence-electron chi connectivity index (χ0n) is 10.2. The maximum atomic E-state index is 4.21. The van der Waals surface area contributed by atoms with Crippen molar-refractivity contribution in [3.05, 3.63) is 59.7 Å². The summed E-state index contributed by atoms with van der Waals surface area (Å²) in [4.78, 5) is 0. The van der Waals surface area contributed by atoms with E-state index in [1.807, 2.05) is 36.4 Å². The Balaban J connectivity index is 2.11. The molecule has 17 heavy (non-hydrogen) atoms. The van der Waals surface area contributed by atoms with E-state index in [1.165, 1.54) is 11.1 Å². The first-order valence-electron chi connectivity index (χ1n) is 5.85. The lowest BCUT2D eigenvalue weighted by Gasteiger charge is -1.97. The number of nitrogens with zero attached hydrogens (tertiary/aromatic N) is 2. The molecule has 0 spiro atoms. The fraction of sp³-hybridized carbons (Fsp3) is 0.200. The van der Waals surface area contributed by atoms with Gasteiger partial charge in [0.05, 0.1) is 11.4 Å². The molecule has 2 heteroatoms. The van der Waals surface area contributed by atoms with Gasteiger partial charge in [-0.2, -0.15) is 10.2 Å². The fourth-order valence-corrected chi connectivity index (χ4v) is 1.53. The third kappa shape index (κ3) is 3.25.